The third kappa shape index (κ3) is 5.55. The van der Waals surface area contributed by atoms with Crippen LogP contribution >= 0.6 is 11.3 Å². The minimum atomic E-state index is 0.0326. The van der Waals surface area contributed by atoms with Gasteiger partial charge in [-0.2, -0.15) is 0 Å². The van der Waals surface area contributed by atoms with E-state index in [1.54, 1.807) is 0 Å². The van der Waals surface area contributed by atoms with Gasteiger partial charge in [0.25, 0.3) is 0 Å². The highest BCUT2D eigenvalue weighted by Crippen LogP contribution is 2.39. The first-order valence-corrected chi connectivity index (χ1v) is 20.9. The fourth-order valence-electron chi connectivity index (χ4n) is 9.48. The Morgan fingerprint density at radius 2 is 1.32 bits per heavy atom. The molecule has 12 rings (SSSR count). The SMILES string of the molecule is C1=CC(C2NC(c3ccccc3)NC(C3C=c4c(oc5ccc(-c6ccc7c(c6)sc6cc(-n8c9ccccc9c9ccccc98)ccc67)cc45)=CC3)N2)=CCC1. The Hall–Kier alpha value is -6.02. The summed E-state index contributed by atoms with van der Waals surface area (Å²) in [5.74, 6) is 0.244. The van der Waals surface area contributed by atoms with Crippen molar-refractivity contribution < 1.29 is 4.42 Å². The van der Waals surface area contributed by atoms with E-state index in [0.717, 1.165) is 30.3 Å². The first kappa shape index (κ1) is 33.2. The summed E-state index contributed by atoms with van der Waals surface area (Å²) in [6.07, 6.45) is 14.9. The summed E-state index contributed by atoms with van der Waals surface area (Å²) in [5, 5.41) is 19.2. The first-order chi connectivity index (χ1) is 28.2. The monoisotopic (exact) mass is 756 g/mol. The van der Waals surface area contributed by atoms with Crippen LogP contribution in [0.4, 0.5) is 0 Å². The molecule has 0 radical (unpaired) electrons. The van der Waals surface area contributed by atoms with Crippen LogP contribution in [0.2, 0.25) is 0 Å². The van der Waals surface area contributed by atoms with Gasteiger partial charge in [0.05, 0.1) is 29.5 Å². The average molecular weight is 757 g/mol. The number of thiophene rings is 1. The highest BCUT2D eigenvalue weighted by Gasteiger charge is 2.33. The second kappa shape index (κ2) is 13.3. The van der Waals surface area contributed by atoms with Crippen molar-refractivity contribution in [3.63, 3.8) is 0 Å². The molecule has 4 heterocycles. The minimum absolute atomic E-state index is 0.0326. The Bertz CT molecular complexity index is 3190. The third-order valence-corrected chi connectivity index (χ3v) is 13.4. The molecule has 3 N–H and O–H groups in total. The number of rotatable bonds is 5. The molecule has 6 heteroatoms. The summed E-state index contributed by atoms with van der Waals surface area (Å²) >= 11 is 1.88. The van der Waals surface area contributed by atoms with Crippen molar-refractivity contribution in [2.75, 3.05) is 0 Å². The maximum atomic E-state index is 6.47. The van der Waals surface area contributed by atoms with Crippen molar-refractivity contribution in [2.45, 2.75) is 37.8 Å². The van der Waals surface area contributed by atoms with Crippen molar-refractivity contribution >= 4 is 76.4 Å². The highest BCUT2D eigenvalue weighted by molar-refractivity contribution is 7.25. The van der Waals surface area contributed by atoms with E-state index >= 15 is 0 Å². The number of benzene rings is 6. The van der Waals surface area contributed by atoms with Gasteiger partial charge in [0.2, 0.25) is 0 Å². The quantitative estimate of drug-likeness (QED) is 0.164. The van der Waals surface area contributed by atoms with E-state index in [2.05, 4.69) is 184 Å². The Morgan fingerprint density at radius 1 is 0.596 bits per heavy atom. The van der Waals surface area contributed by atoms with E-state index in [1.165, 1.54) is 80.5 Å². The summed E-state index contributed by atoms with van der Waals surface area (Å²) in [6.45, 7) is 0. The van der Waals surface area contributed by atoms with Crippen LogP contribution in [0.3, 0.4) is 0 Å². The van der Waals surface area contributed by atoms with Crippen LogP contribution in [0, 0.1) is 5.92 Å². The summed E-state index contributed by atoms with van der Waals surface area (Å²) in [5.41, 5.74) is 10.5. The molecule has 276 valence electrons. The molecular weight excluding hydrogens is 717 g/mol. The molecule has 3 aliphatic rings. The molecule has 5 nitrogen and oxygen atoms in total. The Labute approximate surface area is 333 Å². The summed E-state index contributed by atoms with van der Waals surface area (Å²) in [6, 6.07) is 48.8. The highest BCUT2D eigenvalue weighted by atomic mass is 32.1. The number of furan rings is 1. The van der Waals surface area contributed by atoms with Crippen LogP contribution in [0.1, 0.15) is 31.0 Å². The van der Waals surface area contributed by atoms with E-state index in [4.69, 9.17) is 4.42 Å². The lowest BCUT2D eigenvalue weighted by molar-refractivity contribution is 0.194. The number of hydrogen-bond acceptors (Lipinski definition) is 5. The molecule has 3 aromatic heterocycles. The maximum absolute atomic E-state index is 6.47. The van der Waals surface area contributed by atoms with Crippen LogP contribution in [-0.4, -0.2) is 16.9 Å². The molecule has 0 saturated carbocycles. The van der Waals surface area contributed by atoms with E-state index < -0.39 is 0 Å². The number of hydrogen-bond donors (Lipinski definition) is 3. The van der Waals surface area contributed by atoms with Gasteiger partial charge in [-0.05, 0) is 90.1 Å². The van der Waals surface area contributed by atoms with Crippen molar-refractivity contribution in [1.29, 1.82) is 0 Å². The van der Waals surface area contributed by atoms with Crippen LogP contribution < -0.4 is 26.6 Å². The van der Waals surface area contributed by atoms with Gasteiger partial charge < -0.3 is 8.98 Å². The molecule has 0 bridgehead atoms. The predicted molar refractivity (Wildman–Crippen MR) is 238 cm³/mol. The molecule has 1 saturated heterocycles. The number of fused-ring (bicyclic) bond motifs is 9. The van der Waals surface area contributed by atoms with Gasteiger partial charge in [0, 0.05) is 53.2 Å². The summed E-state index contributed by atoms with van der Waals surface area (Å²) in [7, 11) is 0. The fraction of sp³-hybridized carbons (Fsp3) is 0.137. The molecule has 4 unspecified atom stereocenters. The molecule has 0 spiro atoms. The molecule has 1 aliphatic heterocycles. The largest absolute Gasteiger partial charge is 0.456 e. The number of para-hydroxylation sites is 2. The normalized spacial score (nSPS) is 20.9. The standard InChI is InChI=1S/C51H40N4OS/c1-3-11-31(12-4-1)49-52-50(32-13-5-2-6-14-32)54-51(53-49)35-21-26-46-42(28-35)41-27-33(20-25-45(41)56-46)34-19-23-39-40-24-22-36(30-48(40)57-47(39)29-34)55-43-17-9-7-15-37(43)38-16-8-10-18-44(38)55/h1,3-5,7-20,22-30,35,49-54H,2,6,21H2. The van der Waals surface area contributed by atoms with Crippen molar-refractivity contribution in [1.82, 2.24) is 20.5 Å². The molecule has 1 fully saturated rings. The van der Waals surface area contributed by atoms with E-state index in [0.29, 0.717) is 0 Å². The molecule has 6 aromatic carbocycles. The zero-order valence-electron chi connectivity index (χ0n) is 31.3. The number of allylic oxidation sites excluding steroid dienone is 2. The summed E-state index contributed by atoms with van der Waals surface area (Å²) < 4.78 is 11.5. The topological polar surface area (TPSA) is 54.2 Å². The van der Waals surface area contributed by atoms with Gasteiger partial charge in [-0.25, -0.2) is 0 Å². The molecule has 9 aromatic rings. The Morgan fingerprint density at radius 3 is 2.12 bits per heavy atom. The third-order valence-electron chi connectivity index (χ3n) is 12.3. The zero-order valence-corrected chi connectivity index (χ0v) is 32.1. The molecule has 4 atom stereocenters. The smallest absolute Gasteiger partial charge is 0.135 e. The van der Waals surface area contributed by atoms with E-state index in [9.17, 15) is 0 Å². The Balaban J connectivity index is 0.897. The van der Waals surface area contributed by atoms with E-state index in [1.807, 2.05) is 11.3 Å². The fourth-order valence-corrected chi connectivity index (χ4v) is 10.7. The number of nitrogens with one attached hydrogen (secondary N) is 3. The molecule has 2 aliphatic carbocycles. The van der Waals surface area contributed by atoms with Gasteiger partial charge in [0.1, 0.15) is 11.0 Å². The van der Waals surface area contributed by atoms with E-state index in [-0.39, 0.29) is 24.4 Å². The van der Waals surface area contributed by atoms with Crippen molar-refractivity contribution in [3.8, 4) is 16.8 Å². The van der Waals surface area contributed by atoms with Gasteiger partial charge >= 0.3 is 0 Å². The minimum Gasteiger partial charge on any atom is -0.456 e. The Kier molecular flexibility index (Phi) is 7.73. The second-order valence-electron chi connectivity index (χ2n) is 15.7. The lowest BCUT2D eigenvalue weighted by Crippen LogP contribution is -2.65. The molecule has 57 heavy (non-hydrogen) atoms. The summed E-state index contributed by atoms with van der Waals surface area (Å²) in [4.78, 5) is 0. The second-order valence-corrected chi connectivity index (χ2v) is 16.7. The maximum Gasteiger partial charge on any atom is 0.135 e. The van der Waals surface area contributed by atoms with Gasteiger partial charge in [0.15, 0.2) is 0 Å². The van der Waals surface area contributed by atoms with Crippen molar-refractivity contribution in [2.24, 2.45) is 5.92 Å². The molecule has 0 amide bonds. The van der Waals surface area contributed by atoms with Crippen LogP contribution in [0.5, 0.6) is 0 Å². The lowest BCUT2D eigenvalue weighted by Gasteiger charge is -2.42. The average Bonchev–Trinajstić information content (AvgIpc) is 3.95. The zero-order chi connectivity index (χ0) is 37.5. The van der Waals surface area contributed by atoms with Crippen LogP contribution in [-0.2, 0) is 0 Å². The number of nitrogens with zero attached hydrogens (tertiary/aromatic N) is 1. The lowest BCUT2D eigenvalue weighted by atomic mass is 9.92. The van der Waals surface area contributed by atoms with Crippen molar-refractivity contribution in [3.05, 3.63) is 173 Å². The van der Waals surface area contributed by atoms with Gasteiger partial charge in [-0.3, -0.25) is 16.0 Å². The van der Waals surface area contributed by atoms with Crippen LogP contribution in [0.25, 0.3) is 81.9 Å². The van der Waals surface area contributed by atoms with Gasteiger partial charge in [-0.15, -0.1) is 11.3 Å². The van der Waals surface area contributed by atoms with Crippen LogP contribution in [0.15, 0.2) is 162 Å². The first-order valence-electron chi connectivity index (χ1n) is 20.1. The van der Waals surface area contributed by atoms with Gasteiger partial charge in [-0.1, -0.05) is 115 Å². The molecular formula is C51H40N4OS. The predicted octanol–water partition coefficient (Wildman–Crippen LogP) is 10.6. The number of aromatic nitrogens is 1.